The monoisotopic (exact) mass is 334 g/mol. The number of ether oxygens (including phenoxy) is 1. The Balaban J connectivity index is 4.08. The molecule has 0 amide bonds. The van der Waals surface area contributed by atoms with Crippen LogP contribution in [-0.4, -0.2) is 63.1 Å². The van der Waals surface area contributed by atoms with Crippen molar-refractivity contribution < 1.29 is 39.5 Å². The third-order valence-electron chi connectivity index (χ3n) is 3.23. The van der Waals surface area contributed by atoms with Crippen LogP contribution in [0.25, 0.3) is 0 Å². The number of rotatable bonds is 13. The summed E-state index contributed by atoms with van der Waals surface area (Å²) in [5.41, 5.74) is 0. The molecule has 0 bridgehead atoms. The molecule has 0 saturated heterocycles. The smallest absolute Gasteiger partial charge is 0.315 e. The third-order valence-corrected chi connectivity index (χ3v) is 3.23. The number of carbonyl (C=O) groups is 3. The Morgan fingerprint density at radius 3 is 2.17 bits per heavy atom. The average molecular weight is 334 g/mol. The van der Waals surface area contributed by atoms with Crippen LogP contribution in [0.4, 0.5) is 0 Å². The average Bonchev–Trinajstić information content (AvgIpc) is 2.52. The molecule has 1 unspecified atom stereocenters. The Morgan fingerprint density at radius 2 is 1.61 bits per heavy atom. The molecular formula is C15H26O8. The van der Waals surface area contributed by atoms with Crippen molar-refractivity contribution in [1.29, 1.82) is 0 Å². The lowest BCUT2D eigenvalue weighted by atomic mass is 10.1. The van der Waals surface area contributed by atoms with Crippen molar-refractivity contribution in [1.82, 2.24) is 0 Å². The van der Waals surface area contributed by atoms with Gasteiger partial charge in [0.25, 0.3) is 6.29 Å². The molecule has 0 aromatic rings. The van der Waals surface area contributed by atoms with E-state index in [0.29, 0.717) is 6.42 Å². The first-order chi connectivity index (χ1) is 10.8. The van der Waals surface area contributed by atoms with Crippen LogP contribution < -0.4 is 0 Å². The summed E-state index contributed by atoms with van der Waals surface area (Å²) in [6.07, 6.45) is -1.78. The fourth-order valence-electron chi connectivity index (χ4n) is 1.83. The number of hydrogen-bond acceptors (Lipinski definition) is 8. The van der Waals surface area contributed by atoms with Gasteiger partial charge >= 0.3 is 5.97 Å². The van der Waals surface area contributed by atoms with E-state index in [0.717, 1.165) is 25.7 Å². The molecule has 0 radical (unpaired) electrons. The lowest BCUT2D eigenvalue weighted by Gasteiger charge is -2.17. The molecule has 0 fully saturated rings. The van der Waals surface area contributed by atoms with Crippen molar-refractivity contribution in [2.45, 2.75) is 70.4 Å². The maximum atomic E-state index is 11.5. The number of Topliss-reactive ketones (excluding diaryl/α,β-unsaturated/α-hetero) is 2. The van der Waals surface area contributed by atoms with E-state index in [1.165, 1.54) is 0 Å². The van der Waals surface area contributed by atoms with Crippen LogP contribution in [-0.2, 0) is 19.1 Å². The third kappa shape index (κ3) is 9.39. The summed E-state index contributed by atoms with van der Waals surface area (Å²) >= 11 is 0. The molecule has 4 N–H and O–H groups in total. The van der Waals surface area contributed by atoms with Gasteiger partial charge in [-0.05, 0) is 6.42 Å². The minimum atomic E-state index is -2.30. The Morgan fingerprint density at radius 1 is 1.00 bits per heavy atom. The van der Waals surface area contributed by atoms with Crippen molar-refractivity contribution in [3.63, 3.8) is 0 Å². The van der Waals surface area contributed by atoms with Gasteiger partial charge in [-0.1, -0.05) is 32.6 Å². The van der Waals surface area contributed by atoms with Crippen LogP contribution in [0.15, 0.2) is 0 Å². The zero-order valence-corrected chi connectivity index (χ0v) is 13.3. The molecule has 0 aliphatic heterocycles. The summed E-state index contributed by atoms with van der Waals surface area (Å²) in [4.78, 5) is 34.4. The van der Waals surface area contributed by atoms with Crippen LogP contribution in [0.1, 0.15) is 51.9 Å². The molecule has 0 spiro atoms. The number of ketones is 2. The van der Waals surface area contributed by atoms with Crippen LogP contribution in [0.3, 0.4) is 0 Å². The lowest BCUT2D eigenvalue weighted by Crippen LogP contribution is -2.43. The summed E-state index contributed by atoms with van der Waals surface area (Å²) in [5.74, 6) is -2.82. The number of hydrogen-bond donors (Lipinski definition) is 4. The fourth-order valence-corrected chi connectivity index (χ4v) is 1.83. The SMILES string of the molecule is CCCCCCCC(=O)CC(=O)OC(O)C(=O)[C@@H](O)[C@H](O)CO. The van der Waals surface area contributed by atoms with Gasteiger partial charge in [0, 0.05) is 6.42 Å². The first-order valence-electron chi connectivity index (χ1n) is 7.73. The molecule has 0 aliphatic rings. The molecule has 0 aliphatic carbocycles. The Bertz CT molecular complexity index is 382. The molecule has 3 atom stereocenters. The van der Waals surface area contributed by atoms with E-state index in [9.17, 15) is 24.6 Å². The summed E-state index contributed by atoms with van der Waals surface area (Å²) in [7, 11) is 0. The second kappa shape index (κ2) is 12.1. The topological polar surface area (TPSA) is 141 Å². The molecule has 0 heterocycles. The minimum absolute atomic E-state index is 0.217. The van der Waals surface area contributed by atoms with Gasteiger partial charge < -0.3 is 25.2 Å². The van der Waals surface area contributed by atoms with E-state index in [4.69, 9.17) is 10.2 Å². The van der Waals surface area contributed by atoms with Gasteiger partial charge in [0.15, 0.2) is 0 Å². The van der Waals surface area contributed by atoms with Crippen LogP contribution >= 0.6 is 0 Å². The van der Waals surface area contributed by atoms with Crippen LogP contribution in [0.5, 0.6) is 0 Å². The molecule has 0 rings (SSSR count). The van der Waals surface area contributed by atoms with Crippen LogP contribution in [0.2, 0.25) is 0 Å². The Hall–Kier alpha value is -1.35. The Labute approximate surface area is 135 Å². The highest BCUT2D eigenvalue weighted by atomic mass is 16.6. The standard InChI is InChI=1S/C15H26O8/c1-2-3-4-5-6-7-10(17)8-12(19)23-15(22)14(21)13(20)11(18)9-16/h11,13,15-16,18,20,22H,2-9H2,1H3/t11-,13+,15?/m1/s1. The number of aliphatic hydroxyl groups excluding tert-OH is 4. The second-order valence-corrected chi connectivity index (χ2v) is 5.32. The van der Waals surface area contributed by atoms with Gasteiger partial charge in [0.1, 0.15) is 24.4 Å². The molecule has 23 heavy (non-hydrogen) atoms. The summed E-state index contributed by atoms with van der Waals surface area (Å²) in [6, 6.07) is 0. The van der Waals surface area contributed by atoms with Gasteiger partial charge in [0.2, 0.25) is 5.78 Å². The van der Waals surface area contributed by atoms with E-state index in [-0.39, 0.29) is 12.2 Å². The molecular weight excluding hydrogens is 308 g/mol. The summed E-state index contributed by atoms with van der Waals surface area (Å²) in [6.45, 7) is 1.17. The maximum absolute atomic E-state index is 11.5. The maximum Gasteiger partial charge on any atom is 0.315 e. The number of aliphatic hydroxyl groups is 4. The Kier molecular flexibility index (Phi) is 11.4. The van der Waals surface area contributed by atoms with Gasteiger partial charge in [-0.2, -0.15) is 0 Å². The predicted octanol–water partition coefficient (Wildman–Crippen LogP) is -0.549. The first-order valence-corrected chi connectivity index (χ1v) is 7.73. The fraction of sp³-hybridized carbons (Fsp3) is 0.800. The second-order valence-electron chi connectivity index (χ2n) is 5.32. The molecule has 0 aromatic carbocycles. The van der Waals surface area contributed by atoms with Crippen LogP contribution in [0, 0.1) is 0 Å². The first kappa shape index (κ1) is 21.6. The van der Waals surface area contributed by atoms with E-state index >= 15 is 0 Å². The van der Waals surface area contributed by atoms with Gasteiger partial charge in [0.05, 0.1) is 6.61 Å². The highest BCUT2D eigenvalue weighted by Crippen LogP contribution is 2.08. The van der Waals surface area contributed by atoms with Gasteiger partial charge in [-0.25, -0.2) is 0 Å². The minimum Gasteiger partial charge on any atom is -0.428 e. The van der Waals surface area contributed by atoms with Crippen molar-refractivity contribution in [2.75, 3.05) is 6.61 Å². The molecule has 0 aromatic heterocycles. The van der Waals surface area contributed by atoms with E-state index in [1.54, 1.807) is 0 Å². The number of carbonyl (C=O) groups excluding carboxylic acids is 3. The molecule has 8 nitrogen and oxygen atoms in total. The lowest BCUT2D eigenvalue weighted by molar-refractivity contribution is -0.182. The summed E-state index contributed by atoms with van der Waals surface area (Å²) in [5, 5.41) is 36.2. The normalized spacial score (nSPS) is 14.8. The molecule has 8 heteroatoms. The van der Waals surface area contributed by atoms with Crippen molar-refractivity contribution in [2.24, 2.45) is 0 Å². The molecule has 134 valence electrons. The predicted molar refractivity (Wildman–Crippen MR) is 79.2 cm³/mol. The van der Waals surface area contributed by atoms with Crippen molar-refractivity contribution in [3.05, 3.63) is 0 Å². The van der Waals surface area contributed by atoms with E-state index in [2.05, 4.69) is 11.7 Å². The summed E-state index contributed by atoms with van der Waals surface area (Å²) < 4.78 is 4.34. The van der Waals surface area contributed by atoms with Crippen molar-refractivity contribution >= 4 is 17.5 Å². The highest BCUT2D eigenvalue weighted by Gasteiger charge is 2.31. The van der Waals surface area contributed by atoms with E-state index in [1.807, 2.05) is 0 Å². The number of unbranched alkanes of at least 4 members (excludes halogenated alkanes) is 4. The zero-order chi connectivity index (χ0) is 17.8. The van der Waals surface area contributed by atoms with Crippen molar-refractivity contribution in [3.8, 4) is 0 Å². The number of esters is 1. The quantitative estimate of drug-likeness (QED) is 0.152. The van der Waals surface area contributed by atoms with E-state index < -0.39 is 43.3 Å². The van der Waals surface area contributed by atoms with Gasteiger partial charge in [-0.3, -0.25) is 14.4 Å². The van der Waals surface area contributed by atoms with Gasteiger partial charge in [-0.15, -0.1) is 0 Å². The zero-order valence-electron chi connectivity index (χ0n) is 13.3. The largest absolute Gasteiger partial charge is 0.428 e. The molecule has 0 saturated carbocycles. The highest BCUT2D eigenvalue weighted by molar-refractivity contribution is 5.96.